The van der Waals surface area contributed by atoms with Gasteiger partial charge in [-0.1, -0.05) is 30.3 Å². The minimum atomic E-state index is -3.80. The van der Waals surface area contributed by atoms with Crippen LogP contribution >= 0.6 is 0 Å². The maximum atomic E-state index is 13.2. The highest BCUT2D eigenvalue weighted by Gasteiger charge is 2.34. The molecule has 8 nitrogen and oxygen atoms in total. The lowest BCUT2D eigenvalue weighted by Crippen LogP contribution is -2.45. The Hall–Kier alpha value is -2.91. The van der Waals surface area contributed by atoms with E-state index in [0.717, 1.165) is 12.0 Å². The Kier molecular flexibility index (Phi) is 6.24. The smallest absolute Gasteiger partial charge is 0.262 e. The van der Waals surface area contributed by atoms with E-state index in [-0.39, 0.29) is 35.8 Å². The van der Waals surface area contributed by atoms with Gasteiger partial charge in [-0.25, -0.2) is 8.42 Å². The minimum Gasteiger partial charge on any atom is -0.482 e. The quantitative estimate of drug-likeness (QED) is 0.708. The number of carbonyl (C=O) groups is 2. The average molecular weight is 444 g/mol. The SMILES string of the molecule is O=C1COc2ccc(S(=O)(=O)N3CCC[C@H](C(=O)NCCc4ccccc4)C3)cc2N1. The Morgan fingerprint density at radius 2 is 2.00 bits per heavy atom. The number of hydrogen-bond donors (Lipinski definition) is 2. The molecule has 0 aliphatic carbocycles. The number of piperidine rings is 1. The lowest BCUT2D eigenvalue weighted by molar-refractivity contribution is -0.126. The first-order chi connectivity index (χ1) is 14.9. The zero-order chi connectivity index (χ0) is 21.8. The van der Waals surface area contributed by atoms with E-state index in [4.69, 9.17) is 4.74 Å². The van der Waals surface area contributed by atoms with E-state index in [9.17, 15) is 18.0 Å². The van der Waals surface area contributed by atoms with Crippen LogP contribution in [-0.4, -0.2) is 50.8 Å². The molecule has 0 saturated carbocycles. The fourth-order valence-electron chi connectivity index (χ4n) is 3.87. The summed E-state index contributed by atoms with van der Waals surface area (Å²) in [6.45, 7) is 0.915. The van der Waals surface area contributed by atoms with Crippen molar-refractivity contribution in [2.45, 2.75) is 24.2 Å². The first-order valence-electron chi connectivity index (χ1n) is 10.3. The molecular weight excluding hydrogens is 418 g/mol. The summed E-state index contributed by atoms with van der Waals surface area (Å²) in [6.07, 6.45) is 1.99. The number of carbonyl (C=O) groups excluding carboxylic acids is 2. The second-order valence-corrected chi connectivity index (χ2v) is 9.66. The molecule has 2 heterocycles. The molecule has 2 N–H and O–H groups in total. The maximum absolute atomic E-state index is 13.2. The Morgan fingerprint density at radius 3 is 2.81 bits per heavy atom. The van der Waals surface area contributed by atoms with Gasteiger partial charge in [0.05, 0.1) is 16.5 Å². The van der Waals surface area contributed by atoms with Crippen molar-refractivity contribution in [3.63, 3.8) is 0 Å². The number of nitrogens with one attached hydrogen (secondary N) is 2. The number of fused-ring (bicyclic) bond motifs is 1. The molecule has 0 unspecified atom stereocenters. The van der Waals surface area contributed by atoms with E-state index in [1.54, 1.807) is 6.07 Å². The molecule has 1 saturated heterocycles. The van der Waals surface area contributed by atoms with E-state index in [2.05, 4.69) is 10.6 Å². The molecule has 1 fully saturated rings. The summed E-state index contributed by atoms with van der Waals surface area (Å²) >= 11 is 0. The summed E-state index contributed by atoms with van der Waals surface area (Å²) < 4.78 is 33.0. The van der Waals surface area contributed by atoms with Crippen LogP contribution in [0.15, 0.2) is 53.4 Å². The Morgan fingerprint density at radius 1 is 1.19 bits per heavy atom. The molecule has 2 aromatic rings. The minimum absolute atomic E-state index is 0.0715. The van der Waals surface area contributed by atoms with Crippen molar-refractivity contribution in [2.24, 2.45) is 5.92 Å². The Bertz CT molecular complexity index is 1070. The highest BCUT2D eigenvalue weighted by Crippen LogP contribution is 2.32. The van der Waals surface area contributed by atoms with Crippen LogP contribution in [0.4, 0.5) is 5.69 Å². The van der Waals surface area contributed by atoms with Crippen molar-refractivity contribution < 1.29 is 22.7 Å². The van der Waals surface area contributed by atoms with Crippen LogP contribution in [0.3, 0.4) is 0 Å². The van der Waals surface area contributed by atoms with Crippen LogP contribution in [-0.2, 0) is 26.0 Å². The standard InChI is InChI=1S/C22H25N3O5S/c26-21-15-30-20-9-8-18(13-19(20)24-21)31(28,29)25-12-4-7-17(14-25)22(27)23-11-10-16-5-2-1-3-6-16/h1-3,5-6,8-9,13,17H,4,7,10-12,14-15H2,(H,23,27)(H,24,26)/t17-/m0/s1. The van der Waals surface area contributed by atoms with Gasteiger partial charge >= 0.3 is 0 Å². The van der Waals surface area contributed by atoms with Crippen molar-refractivity contribution in [1.29, 1.82) is 0 Å². The van der Waals surface area contributed by atoms with Gasteiger partial charge in [-0.05, 0) is 43.0 Å². The summed E-state index contributed by atoms with van der Waals surface area (Å²) in [5.41, 5.74) is 1.48. The average Bonchev–Trinajstić information content (AvgIpc) is 2.79. The van der Waals surface area contributed by atoms with Crippen molar-refractivity contribution in [1.82, 2.24) is 9.62 Å². The normalized spacial score (nSPS) is 19.1. The first kappa shape index (κ1) is 21.3. The molecule has 164 valence electrons. The molecule has 2 aliphatic rings. The van der Waals surface area contributed by atoms with Crippen LogP contribution < -0.4 is 15.4 Å². The second-order valence-electron chi connectivity index (χ2n) is 7.72. The summed E-state index contributed by atoms with van der Waals surface area (Å²) in [5, 5.41) is 5.56. The van der Waals surface area contributed by atoms with E-state index < -0.39 is 10.0 Å². The maximum Gasteiger partial charge on any atom is 0.262 e. The highest BCUT2D eigenvalue weighted by atomic mass is 32.2. The van der Waals surface area contributed by atoms with Gasteiger partial charge in [0.25, 0.3) is 5.91 Å². The molecule has 0 bridgehead atoms. The van der Waals surface area contributed by atoms with Crippen LogP contribution in [0.1, 0.15) is 18.4 Å². The van der Waals surface area contributed by atoms with Gasteiger partial charge in [0.2, 0.25) is 15.9 Å². The number of nitrogens with zero attached hydrogens (tertiary/aromatic N) is 1. The predicted octanol–water partition coefficient (Wildman–Crippen LogP) is 1.78. The number of rotatable bonds is 6. The number of benzene rings is 2. The van der Waals surface area contributed by atoms with Crippen molar-refractivity contribution in [2.75, 3.05) is 31.6 Å². The lowest BCUT2D eigenvalue weighted by atomic mass is 9.99. The van der Waals surface area contributed by atoms with Gasteiger partial charge in [0, 0.05) is 19.6 Å². The lowest BCUT2D eigenvalue weighted by Gasteiger charge is -2.31. The van der Waals surface area contributed by atoms with Crippen LogP contribution in [0, 0.1) is 5.92 Å². The summed E-state index contributed by atoms with van der Waals surface area (Å²) in [5.74, 6) is -0.401. The first-order valence-corrected chi connectivity index (χ1v) is 11.8. The molecule has 1 atom stereocenters. The summed E-state index contributed by atoms with van der Waals surface area (Å²) in [6, 6.07) is 14.3. The fraction of sp³-hybridized carbons (Fsp3) is 0.364. The Balaban J connectivity index is 1.40. The van der Waals surface area contributed by atoms with Gasteiger partial charge in [0.15, 0.2) is 6.61 Å². The van der Waals surface area contributed by atoms with Crippen molar-refractivity contribution in [3.05, 3.63) is 54.1 Å². The third kappa shape index (κ3) is 4.88. The third-order valence-corrected chi connectivity index (χ3v) is 7.39. The topological polar surface area (TPSA) is 105 Å². The molecule has 31 heavy (non-hydrogen) atoms. The van der Waals surface area contributed by atoms with Crippen molar-refractivity contribution in [3.8, 4) is 5.75 Å². The van der Waals surface area contributed by atoms with Gasteiger partial charge < -0.3 is 15.4 Å². The monoisotopic (exact) mass is 443 g/mol. The van der Waals surface area contributed by atoms with Gasteiger partial charge in [-0.15, -0.1) is 0 Å². The molecule has 2 aromatic carbocycles. The van der Waals surface area contributed by atoms with E-state index in [1.807, 2.05) is 30.3 Å². The molecule has 0 radical (unpaired) electrons. The molecule has 2 amide bonds. The van der Waals surface area contributed by atoms with Gasteiger partial charge in [-0.3, -0.25) is 9.59 Å². The molecule has 2 aliphatic heterocycles. The van der Waals surface area contributed by atoms with Crippen LogP contribution in [0.25, 0.3) is 0 Å². The zero-order valence-electron chi connectivity index (χ0n) is 17.0. The number of hydrogen-bond acceptors (Lipinski definition) is 5. The zero-order valence-corrected chi connectivity index (χ0v) is 17.9. The fourth-order valence-corrected chi connectivity index (χ4v) is 5.42. The third-order valence-electron chi connectivity index (χ3n) is 5.53. The van der Waals surface area contributed by atoms with Crippen molar-refractivity contribution >= 4 is 27.5 Å². The number of ether oxygens (including phenoxy) is 1. The number of amides is 2. The van der Waals surface area contributed by atoms with Crippen LogP contribution in [0.5, 0.6) is 5.75 Å². The van der Waals surface area contributed by atoms with Gasteiger partial charge in [0.1, 0.15) is 5.75 Å². The van der Waals surface area contributed by atoms with E-state index >= 15 is 0 Å². The van der Waals surface area contributed by atoms with E-state index in [1.165, 1.54) is 16.4 Å². The molecule has 0 aromatic heterocycles. The highest BCUT2D eigenvalue weighted by molar-refractivity contribution is 7.89. The molecular formula is C22H25N3O5S. The molecule has 9 heteroatoms. The summed E-state index contributed by atoms with van der Waals surface area (Å²) in [4.78, 5) is 24.2. The summed E-state index contributed by atoms with van der Waals surface area (Å²) in [7, 11) is -3.80. The largest absolute Gasteiger partial charge is 0.482 e. The van der Waals surface area contributed by atoms with Gasteiger partial charge in [-0.2, -0.15) is 4.31 Å². The Labute approximate surface area is 181 Å². The number of anilines is 1. The van der Waals surface area contributed by atoms with Crippen LogP contribution in [0.2, 0.25) is 0 Å². The predicted molar refractivity (Wildman–Crippen MR) is 115 cm³/mol. The molecule has 4 rings (SSSR count). The number of sulfonamides is 1. The molecule has 0 spiro atoms. The second kappa shape index (κ2) is 9.07. The van der Waals surface area contributed by atoms with E-state index in [0.29, 0.717) is 37.4 Å².